The number of hydrogen-bond donors (Lipinski definition) is 6. The van der Waals surface area contributed by atoms with Gasteiger partial charge in [0.2, 0.25) is 17.7 Å². The second-order valence-electron chi connectivity index (χ2n) is 6.59. The van der Waals surface area contributed by atoms with Gasteiger partial charge < -0.3 is 31.9 Å². The predicted octanol–water partition coefficient (Wildman–Crippen LogP) is -1.34. The number of amides is 3. The van der Waals surface area contributed by atoms with Gasteiger partial charge >= 0.3 is 5.97 Å². The summed E-state index contributed by atoms with van der Waals surface area (Å²) in [7, 11) is 0. The minimum atomic E-state index is -1.35. The summed E-state index contributed by atoms with van der Waals surface area (Å²) in [6, 6.07) is -4.23. The van der Waals surface area contributed by atoms with E-state index in [9.17, 15) is 29.4 Å². The number of carbonyl (C=O) groups excluding carboxylic acids is 3. The molecule has 0 spiro atoms. The molecule has 3 amide bonds. The molecule has 0 aromatic heterocycles. The number of aliphatic hydroxyl groups is 1. The van der Waals surface area contributed by atoms with Crippen molar-refractivity contribution in [3.8, 4) is 0 Å². The molecule has 0 aliphatic carbocycles. The molecule has 0 saturated carbocycles. The number of carboxylic acids is 1. The van der Waals surface area contributed by atoms with E-state index in [4.69, 9.17) is 5.73 Å². The molecule has 0 rings (SSSR count). The van der Waals surface area contributed by atoms with Gasteiger partial charge in [0.25, 0.3) is 0 Å². The van der Waals surface area contributed by atoms with Gasteiger partial charge in [-0.25, -0.2) is 4.79 Å². The predicted molar refractivity (Wildman–Crippen MR) is 107 cm³/mol. The number of aliphatic carboxylic acids is 1. The monoisotopic (exact) mass is 420 g/mol. The number of nitrogens with two attached hydrogens (primary N) is 1. The van der Waals surface area contributed by atoms with Crippen LogP contribution in [-0.4, -0.2) is 76.7 Å². The lowest BCUT2D eigenvalue weighted by atomic mass is 9.99. The van der Waals surface area contributed by atoms with Crippen molar-refractivity contribution in [3.05, 3.63) is 0 Å². The van der Waals surface area contributed by atoms with Gasteiger partial charge in [0, 0.05) is 0 Å². The molecule has 0 aliphatic heterocycles. The number of carboxylic acid groups (broad SMARTS) is 1. The molecule has 11 heteroatoms. The van der Waals surface area contributed by atoms with Gasteiger partial charge in [-0.15, -0.1) is 0 Å². The average Bonchev–Trinajstić information content (AvgIpc) is 2.65. The Morgan fingerprint density at radius 1 is 1.00 bits per heavy atom. The van der Waals surface area contributed by atoms with Crippen molar-refractivity contribution in [1.29, 1.82) is 0 Å². The van der Waals surface area contributed by atoms with Crippen LogP contribution in [0, 0.1) is 5.92 Å². The molecule has 0 aromatic carbocycles. The lowest BCUT2D eigenvalue weighted by Crippen LogP contribution is -2.58. The van der Waals surface area contributed by atoms with E-state index in [1.165, 1.54) is 18.7 Å². The SMILES string of the molecule is CCC(C)C(NC(=O)C(CO)NC(=O)C(CCSC)NC(=O)C(C)N)C(=O)O. The molecule has 10 nitrogen and oxygen atoms in total. The number of nitrogens with one attached hydrogen (secondary N) is 3. The second kappa shape index (κ2) is 13.3. The van der Waals surface area contributed by atoms with Crippen LogP contribution in [0.2, 0.25) is 0 Å². The number of aliphatic hydroxyl groups excluding tert-OH is 1. The molecule has 0 aliphatic rings. The van der Waals surface area contributed by atoms with Gasteiger partial charge in [-0.05, 0) is 31.3 Å². The standard InChI is InChI=1S/C17H32N4O6S/c1-5-9(2)13(17(26)27)21-16(25)12(8-22)20-15(24)11(6-7-28-4)19-14(23)10(3)18/h9-13,22H,5-8,18H2,1-4H3,(H,19,23)(H,20,24)(H,21,25)(H,26,27). The summed E-state index contributed by atoms with van der Waals surface area (Å²) in [5, 5.41) is 26.0. The summed E-state index contributed by atoms with van der Waals surface area (Å²) in [4.78, 5) is 48.0. The Hall–Kier alpha value is -1.85. The third kappa shape index (κ3) is 8.89. The Labute approximate surface area is 169 Å². The van der Waals surface area contributed by atoms with Crippen molar-refractivity contribution in [2.45, 2.75) is 57.8 Å². The average molecular weight is 421 g/mol. The first kappa shape index (κ1) is 26.1. The Morgan fingerprint density at radius 3 is 1.96 bits per heavy atom. The zero-order chi connectivity index (χ0) is 21.9. The number of carbonyl (C=O) groups is 4. The van der Waals surface area contributed by atoms with Crippen LogP contribution in [0.4, 0.5) is 0 Å². The molecule has 0 heterocycles. The smallest absolute Gasteiger partial charge is 0.326 e. The number of hydrogen-bond acceptors (Lipinski definition) is 7. The van der Waals surface area contributed by atoms with Gasteiger partial charge in [-0.2, -0.15) is 11.8 Å². The van der Waals surface area contributed by atoms with Crippen molar-refractivity contribution in [3.63, 3.8) is 0 Å². The first-order valence-corrected chi connectivity index (χ1v) is 10.5. The molecule has 0 fully saturated rings. The Balaban J connectivity index is 5.14. The van der Waals surface area contributed by atoms with Crippen LogP contribution >= 0.6 is 11.8 Å². The molecule has 0 aromatic rings. The topological polar surface area (TPSA) is 171 Å². The molecule has 7 N–H and O–H groups in total. The summed E-state index contributed by atoms with van der Waals surface area (Å²) >= 11 is 1.47. The van der Waals surface area contributed by atoms with Crippen molar-refractivity contribution < 1.29 is 29.4 Å². The zero-order valence-corrected chi connectivity index (χ0v) is 17.5. The van der Waals surface area contributed by atoms with E-state index in [-0.39, 0.29) is 5.92 Å². The van der Waals surface area contributed by atoms with Crippen molar-refractivity contribution >= 4 is 35.5 Å². The molecular weight excluding hydrogens is 388 g/mol. The van der Waals surface area contributed by atoms with Crippen LogP contribution in [0.5, 0.6) is 0 Å². The third-order valence-corrected chi connectivity index (χ3v) is 4.89. The first-order valence-electron chi connectivity index (χ1n) is 9.08. The highest BCUT2D eigenvalue weighted by molar-refractivity contribution is 7.98. The lowest BCUT2D eigenvalue weighted by molar-refractivity contribution is -0.144. The molecule has 0 saturated heterocycles. The van der Waals surface area contributed by atoms with Gasteiger partial charge in [-0.1, -0.05) is 20.3 Å². The lowest BCUT2D eigenvalue weighted by Gasteiger charge is -2.25. The largest absolute Gasteiger partial charge is 0.480 e. The minimum absolute atomic E-state index is 0.301. The van der Waals surface area contributed by atoms with E-state index in [1.54, 1.807) is 13.8 Å². The molecule has 0 radical (unpaired) electrons. The van der Waals surface area contributed by atoms with Crippen LogP contribution in [-0.2, 0) is 19.2 Å². The highest BCUT2D eigenvalue weighted by Gasteiger charge is 2.31. The quantitative estimate of drug-likeness (QED) is 0.213. The molecule has 0 bridgehead atoms. The maximum absolute atomic E-state index is 12.5. The van der Waals surface area contributed by atoms with Crippen LogP contribution in [0.15, 0.2) is 0 Å². The summed E-state index contributed by atoms with van der Waals surface area (Å²) in [5.41, 5.74) is 5.50. The van der Waals surface area contributed by atoms with Gasteiger partial charge in [-0.3, -0.25) is 14.4 Å². The molecule has 162 valence electrons. The summed E-state index contributed by atoms with van der Waals surface area (Å²) in [6.45, 7) is 4.22. The van der Waals surface area contributed by atoms with E-state index < -0.39 is 54.5 Å². The van der Waals surface area contributed by atoms with Crippen molar-refractivity contribution in [1.82, 2.24) is 16.0 Å². The summed E-state index contributed by atoms with van der Waals surface area (Å²) in [5.74, 6) is -2.96. The maximum atomic E-state index is 12.5. The van der Waals surface area contributed by atoms with E-state index in [1.807, 2.05) is 6.26 Å². The maximum Gasteiger partial charge on any atom is 0.326 e. The fourth-order valence-corrected chi connectivity index (χ4v) is 2.68. The van der Waals surface area contributed by atoms with E-state index in [0.29, 0.717) is 18.6 Å². The molecule has 5 unspecified atom stereocenters. The van der Waals surface area contributed by atoms with E-state index in [0.717, 1.165) is 0 Å². The van der Waals surface area contributed by atoms with Gasteiger partial charge in [0.1, 0.15) is 18.1 Å². The number of rotatable bonds is 13. The summed E-state index contributed by atoms with van der Waals surface area (Å²) < 4.78 is 0. The number of thioether (sulfide) groups is 1. The first-order chi connectivity index (χ1) is 13.1. The normalized spacial score (nSPS) is 16.2. The van der Waals surface area contributed by atoms with Crippen molar-refractivity contribution in [2.24, 2.45) is 11.7 Å². The minimum Gasteiger partial charge on any atom is -0.480 e. The second-order valence-corrected chi connectivity index (χ2v) is 7.57. The summed E-state index contributed by atoms with van der Waals surface area (Å²) in [6.07, 6.45) is 2.66. The Morgan fingerprint density at radius 2 is 1.54 bits per heavy atom. The van der Waals surface area contributed by atoms with Crippen LogP contribution < -0.4 is 21.7 Å². The highest BCUT2D eigenvalue weighted by atomic mass is 32.2. The molecule has 5 atom stereocenters. The van der Waals surface area contributed by atoms with E-state index in [2.05, 4.69) is 16.0 Å². The van der Waals surface area contributed by atoms with Gasteiger partial charge in [0.15, 0.2) is 0 Å². The van der Waals surface area contributed by atoms with Gasteiger partial charge in [0.05, 0.1) is 12.6 Å². The Bertz CT molecular complexity index is 546. The molecule has 28 heavy (non-hydrogen) atoms. The zero-order valence-electron chi connectivity index (χ0n) is 16.7. The van der Waals surface area contributed by atoms with Crippen LogP contribution in [0.3, 0.4) is 0 Å². The van der Waals surface area contributed by atoms with Crippen molar-refractivity contribution in [2.75, 3.05) is 18.6 Å². The highest BCUT2D eigenvalue weighted by Crippen LogP contribution is 2.08. The molecular formula is C17H32N4O6S. The fourth-order valence-electron chi connectivity index (χ4n) is 2.21. The fraction of sp³-hybridized carbons (Fsp3) is 0.765. The van der Waals surface area contributed by atoms with Crippen LogP contribution in [0.25, 0.3) is 0 Å². The Kier molecular flexibility index (Phi) is 12.5. The third-order valence-electron chi connectivity index (χ3n) is 4.25. The van der Waals surface area contributed by atoms with E-state index >= 15 is 0 Å². The van der Waals surface area contributed by atoms with Crippen LogP contribution in [0.1, 0.15) is 33.6 Å².